The van der Waals surface area contributed by atoms with Crippen LogP contribution >= 0.6 is 12.4 Å². The summed E-state index contributed by atoms with van der Waals surface area (Å²) in [5.41, 5.74) is 6.91. The summed E-state index contributed by atoms with van der Waals surface area (Å²) in [5.74, 6) is 2.77. The number of aromatic nitrogens is 2. The van der Waals surface area contributed by atoms with Crippen molar-refractivity contribution in [2.75, 3.05) is 27.9 Å². The zero-order valence-electron chi connectivity index (χ0n) is 16.1. The summed E-state index contributed by atoms with van der Waals surface area (Å²) in [7, 11) is 4.73. The van der Waals surface area contributed by atoms with Gasteiger partial charge in [0.2, 0.25) is 17.5 Å². The standard InChI is InChI=1S/C19H27N3O4.ClH/c1-23-14-9-13(10-15(24-2)17(14)25-3)18-21-16(26-22-18)11-19(12-20)7-5-4-6-8-19;/h9-10H,4-8,11-12,20H2,1-3H3;1H. The Labute approximate surface area is 166 Å². The van der Waals surface area contributed by atoms with Gasteiger partial charge in [-0.15, -0.1) is 12.4 Å². The van der Waals surface area contributed by atoms with Gasteiger partial charge in [-0.3, -0.25) is 0 Å². The van der Waals surface area contributed by atoms with E-state index >= 15 is 0 Å². The Morgan fingerprint density at radius 2 is 1.67 bits per heavy atom. The minimum Gasteiger partial charge on any atom is -0.493 e. The zero-order valence-corrected chi connectivity index (χ0v) is 16.9. The van der Waals surface area contributed by atoms with Gasteiger partial charge >= 0.3 is 0 Å². The molecular weight excluding hydrogens is 370 g/mol. The van der Waals surface area contributed by atoms with Crippen molar-refractivity contribution in [1.82, 2.24) is 10.1 Å². The lowest BCUT2D eigenvalue weighted by Gasteiger charge is -2.34. The number of ether oxygens (including phenoxy) is 3. The molecule has 0 aliphatic heterocycles. The molecule has 27 heavy (non-hydrogen) atoms. The van der Waals surface area contributed by atoms with Gasteiger partial charge in [-0.1, -0.05) is 24.4 Å². The summed E-state index contributed by atoms with van der Waals surface area (Å²) < 4.78 is 21.7. The second kappa shape index (κ2) is 9.28. The van der Waals surface area contributed by atoms with Crippen molar-refractivity contribution >= 4 is 12.4 Å². The van der Waals surface area contributed by atoms with Gasteiger partial charge in [0, 0.05) is 12.0 Å². The molecule has 2 N–H and O–H groups in total. The van der Waals surface area contributed by atoms with Crippen molar-refractivity contribution in [2.45, 2.75) is 38.5 Å². The maximum absolute atomic E-state index is 6.07. The van der Waals surface area contributed by atoms with E-state index in [-0.39, 0.29) is 17.8 Å². The number of nitrogens with two attached hydrogens (primary N) is 1. The third-order valence-corrected chi connectivity index (χ3v) is 5.26. The SMILES string of the molecule is COc1cc(-c2noc(CC3(CN)CCCCC3)n2)cc(OC)c1OC.Cl. The van der Waals surface area contributed by atoms with E-state index in [0.29, 0.717) is 35.5 Å². The van der Waals surface area contributed by atoms with E-state index in [2.05, 4.69) is 10.1 Å². The molecule has 7 nitrogen and oxygen atoms in total. The summed E-state index contributed by atoms with van der Waals surface area (Å²) in [6, 6.07) is 3.63. The molecular formula is C19H28ClN3O4. The van der Waals surface area contributed by atoms with Crippen LogP contribution in [0, 0.1) is 5.41 Å². The largest absolute Gasteiger partial charge is 0.493 e. The van der Waals surface area contributed by atoms with Crippen LogP contribution in [0.3, 0.4) is 0 Å². The molecule has 0 saturated heterocycles. The fraction of sp³-hybridized carbons (Fsp3) is 0.579. The fourth-order valence-electron chi connectivity index (χ4n) is 3.73. The molecule has 0 radical (unpaired) electrons. The normalized spacial score (nSPS) is 15.7. The summed E-state index contributed by atoms with van der Waals surface area (Å²) in [6.07, 6.45) is 6.66. The molecule has 1 fully saturated rings. The molecule has 8 heteroatoms. The van der Waals surface area contributed by atoms with Crippen molar-refractivity contribution in [3.05, 3.63) is 18.0 Å². The highest BCUT2D eigenvalue weighted by Crippen LogP contribution is 2.41. The first-order valence-corrected chi connectivity index (χ1v) is 8.98. The lowest BCUT2D eigenvalue weighted by atomic mass is 9.72. The van der Waals surface area contributed by atoms with Gasteiger partial charge in [-0.25, -0.2) is 0 Å². The van der Waals surface area contributed by atoms with Crippen LogP contribution in [0.4, 0.5) is 0 Å². The van der Waals surface area contributed by atoms with Gasteiger partial charge in [0.15, 0.2) is 11.5 Å². The highest BCUT2D eigenvalue weighted by atomic mass is 35.5. The molecule has 0 atom stereocenters. The number of hydrogen-bond donors (Lipinski definition) is 1. The quantitative estimate of drug-likeness (QED) is 0.762. The average Bonchev–Trinajstić information content (AvgIpc) is 3.15. The first kappa shape index (κ1) is 21.3. The van der Waals surface area contributed by atoms with Crippen LogP contribution in [0.2, 0.25) is 0 Å². The smallest absolute Gasteiger partial charge is 0.227 e. The number of methoxy groups -OCH3 is 3. The maximum Gasteiger partial charge on any atom is 0.227 e. The summed E-state index contributed by atoms with van der Waals surface area (Å²) in [4.78, 5) is 4.59. The Kier molecular flexibility index (Phi) is 7.33. The molecule has 1 aromatic heterocycles. The Balaban J connectivity index is 0.00000261. The van der Waals surface area contributed by atoms with Gasteiger partial charge in [-0.2, -0.15) is 4.98 Å². The second-order valence-electron chi connectivity index (χ2n) is 6.87. The Morgan fingerprint density at radius 1 is 1.04 bits per heavy atom. The lowest BCUT2D eigenvalue weighted by molar-refractivity contribution is 0.177. The predicted molar refractivity (Wildman–Crippen MR) is 105 cm³/mol. The van der Waals surface area contributed by atoms with Crippen LogP contribution in [0.5, 0.6) is 17.2 Å². The van der Waals surface area contributed by atoms with E-state index in [1.807, 2.05) is 12.1 Å². The van der Waals surface area contributed by atoms with Gasteiger partial charge in [0.05, 0.1) is 21.3 Å². The molecule has 3 rings (SSSR count). The van der Waals surface area contributed by atoms with Crippen LogP contribution in [-0.4, -0.2) is 38.0 Å². The number of nitrogens with zero attached hydrogens (tertiary/aromatic N) is 2. The minimum atomic E-state index is 0. The van der Waals surface area contributed by atoms with Crippen molar-refractivity contribution in [1.29, 1.82) is 0 Å². The molecule has 0 amide bonds. The van der Waals surface area contributed by atoms with Crippen molar-refractivity contribution in [2.24, 2.45) is 11.1 Å². The second-order valence-corrected chi connectivity index (χ2v) is 6.87. The van der Waals surface area contributed by atoms with E-state index in [1.165, 1.54) is 19.3 Å². The fourth-order valence-corrected chi connectivity index (χ4v) is 3.73. The van der Waals surface area contributed by atoms with E-state index in [0.717, 1.165) is 24.8 Å². The third-order valence-electron chi connectivity index (χ3n) is 5.26. The maximum atomic E-state index is 6.07. The van der Waals surface area contributed by atoms with Crippen molar-refractivity contribution < 1.29 is 18.7 Å². The van der Waals surface area contributed by atoms with E-state index in [1.54, 1.807) is 21.3 Å². The van der Waals surface area contributed by atoms with Gasteiger partial charge < -0.3 is 24.5 Å². The monoisotopic (exact) mass is 397 g/mol. The first-order chi connectivity index (χ1) is 12.6. The average molecular weight is 398 g/mol. The summed E-state index contributed by atoms with van der Waals surface area (Å²) in [5, 5.41) is 4.14. The van der Waals surface area contributed by atoms with E-state index in [4.69, 9.17) is 24.5 Å². The number of rotatable bonds is 7. The first-order valence-electron chi connectivity index (χ1n) is 8.98. The lowest BCUT2D eigenvalue weighted by Crippen LogP contribution is -2.35. The van der Waals surface area contributed by atoms with Crippen molar-refractivity contribution in [3.63, 3.8) is 0 Å². The Hall–Kier alpha value is -1.99. The van der Waals surface area contributed by atoms with Gasteiger partial charge in [0.25, 0.3) is 0 Å². The number of halogens is 1. The van der Waals surface area contributed by atoms with Gasteiger partial charge in [0.1, 0.15) is 0 Å². The number of benzene rings is 1. The van der Waals surface area contributed by atoms with Crippen molar-refractivity contribution in [3.8, 4) is 28.6 Å². The molecule has 0 spiro atoms. The van der Waals surface area contributed by atoms with Crippen LogP contribution < -0.4 is 19.9 Å². The van der Waals surface area contributed by atoms with E-state index in [9.17, 15) is 0 Å². The molecule has 150 valence electrons. The Morgan fingerprint density at radius 3 is 2.19 bits per heavy atom. The minimum absolute atomic E-state index is 0. The molecule has 1 heterocycles. The molecule has 1 aromatic carbocycles. The highest BCUT2D eigenvalue weighted by molar-refractivity contribution is 5.85. The molecule has 1 aliphatic rings. The van der Waals surface area contributed by atoms with E-state index < -0.39 is 0 Å². The third kappa shape index (κ3) is 4.47. The highest BCUT2D eigenvalue weighted by Gasteiger charge is 2.33. The summed E-state index contributed by atoms with van der Waals surface area (Å²) >= 11 is 0. The van der Waals surface area contributed by atoms with Crippen LogP contribution in [0.25, 0.3) is 11.4 Å². The molecule has 1 saturated carbocycles. The molecule has 0 bridgehead atoms. The Bertz CT molecular complexity index is 719. The summed E-state index contributed by atoms with van der Waals surface area (Å²) in [6.45, 7) is 0.648. The van der Waals surface area contributed by atoms with Crippen LogP contribution in [0.15, 0.2) is 16.7 Å². The number of hydrogen-bond acceptors (Lipinski definition) is 7. The van der Waals surface area contributed by atoms with Crippen LogP contribution in [0.1, 0.15) is 38.0 Å². The van der Waals surface area contributed by atoms with Gasteiger partial charge in [-0.05, 0) is 36.9 Å². The van der Waals surface area contributed by atoms with Crippen LogP contribution in [-0.2, 0) is 6.42 Å². The predicted octanol–water partition coefficient (Wildman–Crippen LogP) is 3.64. The topological polar surface area (TPSA) is 92.6 Å². The molecule has 2 aromatic rings. The molecule has 0 unspecified atom stereocenters. The molecule has 1 aliphatic carbocycles. The zero-order chi connectivity index (χ0) is 18.6.